The minimum Gasteiger partial charge on any atom is -0.359 e. The van der Waals surface area contributed by atoms with Crippen molar-refractivity contribution < 1.29 is 4.74 Å². The molecule has 1 heterocycles. The first-order valence-electron chi connectivity index (χ1n) is 4.47. The Morgan fingerprint density at radius 3 is 1.91 bits per heavy atom. The van der Waals surface area contributed by atoms with Crippen LogP contribution in [0.25, 0.3) is 0 Å². The van der Waals surface area contributed by atoms with Crippen LogP contribution in [0.3, 0.4) is 0 Å². The van der Waals surface area contributed by atoms with Gasteiger partial charge >= 0.3 is 0 Å². The van der Waals surface area contributed by atoms with E-state index in [1.54, 1.807) is 0 Å². The summed E-state index contributed by atoms with van der Waals surface area (Å²) in [5.74, 6) is 0. The van der Waals surface area contributed by atoms with E-state index in [1.165, 1.54) is 0 Å². The molecule has 11 heavy (non-hydrogen) atoms. The Bertz CT molecular complexity index is 136. The highest BCUT2D eigenvalue weighted by molar-refractivity contribution is 4.83. The van der Waals surface area contributed by atoms with E-state index in [9.17, 15) is 0 Å². The van der Waals surface area contributed by atoms with Crippen molar-refractivity contribution in [1.29, 1.82) is 0 Å². The molecule has 0 N–H and O–H groups in total. The average Bonchev–Trinajstić information content (AvgIpc) is 2.07. The summed E-state index contributed by atoms with van der Waals surface area (Å²) in [4.78, 5) is 2.41. The molecule has 1 aliphatic rings. The normalized spacial score (nSPS) is 40.4. The van der Waals surface area contributed by atoms with E-state index < -0.39 is 0 Å². The molecular weight excluding hydrogens is 138 g/mol. The lowest BCUT2D eigenvalue weighted by molar-refractivity contribution is 0.00933. The quantitative estimate of drug-likeness (QED) is 0.576. The van der Waals surface area contributed by atoms with Gasteiger partial charge in [0.05, 0.1) is 6.10 Å². The molecule has 0 aromatic carbocycles. The molecule has 1 aliphatic heterocycles. The summed E-state index contributed by atoms with van der Waals surface area (Å²) in [5, 5.41) is 0. The van der Waals surface area contributed by atoms with Crippen LogP contribution in [-0.4, -0.2) is 29.3 Å². The molecule has 0 radical (unpaired) electrons. The van der Waals surface area contributed by atoms with E-state index in [2.05, 4.69) is 39.5 Å². The fourth-order valence-electron chi connectivity index (χ4n) is 1.96. The second-order valence-electron chi connectivity index (χ2n) is 3.72. The minimum absolute atomic E-state index is 0.292. The van der Waals surface area contributed by atoms with Gasteiger partial charge in [0.25, 0.3) is 0 Å². The predicted molar refractivity (Wildman–Crippen MR) is 46.4 cm³/mol. The van der Waals surface area contributed by atoms with Crippen molar-refractivity contribution in [3.8, 4) is 0 Å². The molecule has 0 bridgehead atoms. The van der Waals surface area contributed by atoms with E-state index in [1.807, 2.05) is 0 Å². The Morgan fingerprint density at radius 1 is 1.18 bits per heavy atom. The minimum atomic E-state index is 0.292. The maximum absolute atomic E-state index is 5.67. The molecule has 0 spiro atoms. The molecule has 1 rings (SSSR count). The summed E-state index contributed by atoms with van der Waals surface area (Å²) in [5.41, 5.74) is 0. The Labute approximate surface area is 69.5 Å². The number of nitrogens with zero attached hydrogens (tertiary/aromatic N) is 1. The van der Waals surface area contributed by atoms with Crippen LogP contribution in [-0.2, 0) is 4.74 Å². The standard InChI is InChI=1S/C9H19NO/c1-6(2)10-7(3)8(4)11-9(10)5/h6-9H,1-5H3. The van der Waals surface area contributed by atoms with Gasteiger partial charge in [-0.2, -0.15) is 0 Å². The van der Waals surface area contributed by atoms with E-state index in [4.69, 9.17) is 4.74 Å². The zero-order valence-corrected chi connectivity index (χ0v) is 8.16. The maximum Gasteiger partial charge on any atom is 0.108 e. The molecule has 3 atom stereocenters. The molecule has 2 heteroatoms. The third-order valence-corrected chi connectivity index (χ3v) is 2.58. The van der Waals surface area contributed by atoms with Crippen molar-refractivity contribution >= 4 is 0 Å². The van der Waals surface area contributed by atoms with Crippen molar-refractivity contribution in [1.82, 2.24) is 4.90 Å². The van der Waals surface area contributed by atoms with Crippen LogP contribution in [0, 0.1) is 0 Å². The number of rotatable bonds is 1. The van der Waals surface area contributed by atoms with Gasteiger partial charge < -0.3 is 4.74 Å². The smallest absolute Gasteiger partial charge is 0.108 e. The highest BCUT2D eigenvalue weighted by Crippen LogP contribution is 2.24. The fraction of sp³-hybridized carbons (Fsp3) is 1.00. The summed E-state index contributed by atoms with van der Waals surface area (Å²) in [6.45, 7) is 10.9. The molecule has 3 unspecified atom stereocenters. The summed E-state index contributed by atoms with van der Waals surface area (Å²) in [6.07, 6.45) is 0.674. The van der Waals surface area contributed by atoms with Gasteiger partial charge in [0.2, 0.25) is 0 Å². The second-order valence-corrected chi connectivity index (χ2v) is 3.72. The molecule has 0 aliphatic carbocycles. The summed E-state index contributed by atoms with van der Waals surface area (Å²) in [6, 6.07) is 1.15. The molecule has 1 fully saturated rings. The lowest BCUT2D eigenvalue weighted by Crippen LogP contribution is -2.40. The van der Waals surface area contributed by atoms with Crippen LogP contribution in [0.15, 0.2) is 0 Å². The largest absolute Gasteiger partial charge is 0.359 e. The highest BCUT2D eigenvalue weighted by atomic mass is 16.5. The van der Waals surface area contributed by atoms with Crippen molar-refractivity contribution in [3.05, 3.63) is 0 Å². The van der Waals surface area contributed by atoms with Gasteiger partial charge in [-0.3, -0.25) is 4.90 Å². The van der Waals surface area contributed by atoms with Crippen LogP contribution in [0.1, 0.15) is 34.6 Å². The van der Waals surface area contributed by atoms with Gasteiger partial charge in [-0.15, -0.1) is 0 Å². The first kappa shape index (κ1) is 9.01. The Morgan fingerprint density at radius 2 is 1.73 bits per heavy atom. The fourth-order valence-corrected chi connectivity index (χ4v) is 1.96. The number of ether oxygens (including phenoxy) is 1. The lowest BCUT2D eigenvalue weighted by atomic mass is 10.1. The molecule has 2 nitrogen and oxygen atoms in total. The van der Waals surface area contributed by atoms with Crippen LogP contribution in [0.5, 0.6) is 0 Å². The second kappa shape index (κ2) is 3.11. The summed E-state index contributed by atoms with van der Waals surface area (Å²) >= 11 is 0. The number of hydrogen-bond acceptors (Lipinski definition) is 2. The van der Waals surface area contributed by atoms with Gasteiger partial charge in [-0.1, -0.05) is 0 Å². The monoisotopic (exact) mass is 157 g/mol. The van der Waals surface area contributed by atoms with Crippen molar-refractivity contribution in [2.24, 2.45) is 0 Å². The van der Waals surface area contributed by atoms with Crippen molar-refractivity contribution in [2.45, 2.75) is 59.0 Å². The van der Waals surface area contributed by atoms with Crippen molar-refractivity contribution in [3.63, 3.8) is 0 Å². The molecule has 0 aromatic heterocycles. The van der Waals surface area contributed by atoms with Crippen LogP contribution in [0.4, 0.5) is 0 Å². The first-order valence-corrected chi connectivity index (χ1v) is 4.47. The van der Waals surface area contributed by atoms with E-state index in [-0.39, 0.29) is 0 Å². The SMILES string of the molecule is CC1OC(C)N(C(C)C)C1C. The predicted octanol–water partition coefficient (Wildman–Crippen LogP) is 1.85. The van der Waals surface area contributed by atoms with Gasteiger partial charge in [0.15, 0.2) is 0 Å². The average molecular weight is 157 g/mol. The molecule has 0 saturated carbocycles. The first-order chi connectivity index (χ1) is 5.04. The third-order valence-electron chi connectivity index (χ3n) is 2.58. The van der Waals surface area contributed by atoms with Crippen LogP contribution >= 0.6 is 0 Å². The Kier molecular flexibility index (Phi) is 2.55. The zero-order valence-electron chi connectivity index (χ0n) is 8.16. The maximum atomic E-state index is 5.67. The number of hydrogen-bond donors (Lipinski definition) is 0. The van der Waals surface area contributed by atoms with Gasteiger partial charge in [-0.25, -0.2) is 0 Å². The molecular formula is C9H19NO. The summed E-state index contributed by atoms with van der Waals surface area (Å²) < 4.78 is 5.67. The zero-order chi connectivity index (χ0) is 8.59. The van der Waals surface area contributed by atoms with Gasteiger partial charge in [0, 0.05) is 12.1 Å². The summed E-state index contributed by atoms with van der Waals surface area (Å²) in [7, 11) is 0. The van der Waals surface area contributed by atoms with Crippen LogP contribution < -0.4 is 0 Å². The Balaban J connectivity index is 2.63. The third kappa shape index (κ3) is 1.57. The van der Waals surface area contributed by atoms with E-state index in [0.29, 0.717) is 24.4 Å². The highest BCUT2D eigenvalue weighted by Gasteiger charge is 2.35. The van der Waals surface area contributed by atoms with Gasteiger partial charge in [-0.05, 0) is 34.6 Å². The molecule has 0 amide bonds. The molecule has 1 saturated heterocycles. The topological polar surface area (TPSA) is 12.5 Å². The van der Waals surface area contributed by atoms with E-state index in [0.717, 1.165) is 0 Å². The van der Waals surface area contributed by atoms with Gasteiger partial charge in [0.1, 0.15) is 6.23 Å². The lowest BCUT2D eigenvalue weighted by Gasteiger charge is -2.28. The van der Waals surface area contributed by atoms with Crippen molar-refractivity contribution in [2.75, 3.05) is 0 Å². The molecule has 0 aromatic rings. The van der Waals surface area contributed by atoms with Crippen LogP contribution in [0.2, 0.25) is 0 Å². The van der Waals surface area contributed by atoms with E-state index >= 15 is 0 Å². The molecule has 66 valence electrons. The Hall–Kier alpha value is -0.0800.